The minimum absolute atomic E-state index is 0.942. The second kappa shape index (κ2) is 6.01. The fourth-order valence-electron chi connectivity index (χ4n) is 1.73. The van der Waals surface area contributed by atoms with Crippen molar-refractivity contribution in [3.05, 3.63) is 34.5 Å². The molecule has 0 bridgehead atoms. The Morgan fingerprint density at radius 1 is 1.44 bits per heavy atom. The van der Waals surface area contributed by atoms with E-state index < -0.39 is 0 Å². The molecule has 1 aliphatic rings. The molecule has 0 saturated heterocycles. The molecule has 1 aliphatic heterocycles. The van der Waals surface area contributed by atoms with Crippen LogP contribution in [0, 0.1) is 0 Å². The Bertz CT molecular complexity index is 359. The lowest BCUT2D eigenvalue weighted by Gasteiger charge is -2.14. The third-order valence-electron chi connectivity index (χ3n) is 2.64. The van der Waals surface area contributed by atoms with E-state index in [0.717, 1.165) is 36.3 Å². The lowest BCUT2D eigenvalue weighted by atomic mass is 10.1. The van der Waals surface area contributed by atoms with Crippen LogP contribution in [0.2, 0.25) is 0 Å². The van der Waals surface area contributed by atoms with Crippen LogP contribution in [0.15, 0.2) is 34.5 Å². The number of rotatable bonds is 4. The summed E-state index contributed by atoms with van der Waals surface area (Å²) < 4.78 is 1.01. The summed E-state index contributed by atoms with van der Waals surface area (Å²) in [6, 6.07) is 3.99. The minimum atomic E-state index is 0.942. The van der Waals surface area contributed by atoms with E-state index in [1.165, 1.54) is 6.42 Å². The molecule has 1 aromatic rings. The highest BCUT2D eigenvalue weighted by Gasteiger charge is 2.02. The van der Waals surface area contributed by atoms with Crippen LogP contribution in [0.4, 0.5) is 5.82 Å². The molecule has 0 unspecified atom stereocenters. The summed E-state index contributed by atoms with van der Waals surface area (Å²) in [6.07, 6.45) is 6.39. The molecule has 0 aromatic carbocycles. The fourth-order valence-corrected chi connectivity index (χ4v) is 1.96. The molecule has 0 spiro atoms. The summed E-state index contributed by atoms with van der Waals surface area (Å²) >= 11 is 3.37. The van der Waals surface area contributed by atoms with E-state index in [4.69, 9.17) is 0 Å². The van der Waals surface area contributed by atoms with Crippen LogP contribution in [0.25, 0.3) is 0 Å². The van der Waals surface area contributed by atoms with E-state index in [2.05, 4.69) is 37.6 Å². The maximum Gasteiger partial charge on any atom is 0.125 e. The molecule has 2 rings (SSSR count). The highest BCUT2D eigenvalue weighted by Crippen LogP contribution is 2.12. The molecule has 0 saturated carbocycles. The van der Waals surface area contributed by atoms with Gasteiger partial charge >= 0.3 is 0 Å². The number of aromatic nitrogens is 1. The van der Waals surface area contributed by atoms with Gasteiger partial charge in [-0.25, -0.2) is 4.98 Å². The van der Waals surface area contributed by atoms with Gasteiger partial charge < -0.3 is 10.6 Å². The molecule has 2 N–H and O–H groups in total. The number of hydrogen-bond acceptors (Lipinski definition) is 3. The minimum Gasteiger partial charge on any atom is -0.370 e. The lowest BCUT2D eigenvalue weighted by molar-refractivity contribution is 0.683. The van der Waals surface area contributed by atoms with E-state index in [9.17, 15) is 0 Å². The van der Waals surface area contributed by atoms with Crippen molar-refractivity contribution in [3.8, 4) is 0 Å². The molecule has 4 heteroatoms. The van der Waals surface area contributed by atoms with Gasteiger partial charge in [-0.15, -0.1) is 0 Å². The number of anilines is 1. The maximum atomic E-state index is 4.27. The maximum absolute atomic E-state index is 4.27. The summed E-state index contributed by atoms with van der Waals surface area (Å²) in [5.74, 6) is 0.942. The van der Waals surface area contributed by atoms with Gasteiger partial charge in [0.25, 0.3) is 0 Å². The molecule has 0 radical (unpaired) electrons. The SMILES string of the molecule is Brc1ccc(NCCC2=CCNCC2)nc1. The van der Waals surface area contributed by atoms with Crippen LogP contribution in [-0.2, 0) is 0 Å². The first kappa shape index (κ1) is 11.6. The van der Waals surface area contributed by atoms with Crippen molar-refractivity contribution >= 4 is 21.7 Å². The average molecular weight is 282 g/mol. The second-order valence-corrected chi connectivity index (χ2v) is 4.77. The first-order chi connectivity index (χ1) is 7.84. The highest BCUT2D eigenvalue weighted by atomic mass is 79.9. The van der Waals surface area contributed by atoms with Gasteiger partial charge in [0.2, 0.25) is 0 Å². The van der Waals surface area contributed by atoms with Gasteiger partial charge in [-0.05, 0) is 47.4 Å². The van der Waals surface area contributed by atoms with Crippen molar-refractivity contribution in [2.75, 3.05) is 25.0 Å². The standard InChI is InChI=1S/C12H16BrN3/c13-11-1-2-12(16-9-11)15-8-5-10-3-6-14-7-4-10/h1-3,9,14H,4-8H2,(H,15,16). The molecule has 16 heavy (non-hydrogen) atoms. The van der Waals surface area contributed by atoms with E-state index in [1.54, 1.807) is 5.57 Å². The first-order valence-electron chi connectivity index (χ1n) is 5.58. The van der Waals surface area contributed by atoms with Crippen molar-refractivity contribution in [1.29, 1.82) is 0 Å². The highest BCUT2D eigenvalue weighted by molar-refractivity contribution is 9.10. The predicted octanol–water partition coefficient (Wildman–Crippen LogP) is 2.57. The number of pyridine rings is 1. The summed E-state index contributed by atoms with van der Waals surface area (Å²) in [4.78, 5) is 4.27. The van der Waals surface area contributed by atoms with Gasteiger partial charge in [-0.3, -0.25) is 0 Å². The van der Waals surface area contributed by atoms with Crippen LogP contribution < -0.4 is 10.6 Å². The van der Waals surface area contributed by atoms with Gasteiger partial charge in [0.05, 0.1) is 0 Å². The van der Waals surface area contributed by atoms with Gasteiger partial charge in [0.1, 0.15) is 5.82 Å². The third-order valence-corrected chi connectivity index (χ3v) is 3.11. The lowest BCUT2D eigenvalue weighted by Crippen LogP contribution is -2.21. The zero-order valence-corrected chi connectivity index (χ0v) is 10.8. The van der Waals surface area contributed by atoms with Crippen LogP contribution in [0.1, 0.15) is 12.8 Å². The monoisotopic (exact) mass is 281 g/mol. The molecule has 0 atom stereocenters. The summed E-state index contributed by atoms with van der Waals surface area (Å²) in [5, 5.41) is 6.64. The quantitative estimate of drug-likeness (QED) is 0.833. The summed E-state index contributed by atoms with van der Waals surface area (Å²) in [5.41, 5.74) is 1.54. The van der Waals surface area contributed by atoms with Crippen molar-refractivity contribution in [2.24, 2.45) is 0 Å². The first-order valence-corrected chi connectivity index (χ1v) is 6.38. The van der Waals surface area contributed by atoms with Crippen molar-refractivity contribution in [1.82, 2.24) is 10.3 Å². The van der Waals surface area contributed by atoms with Crippen molar-refractivity contribution in [2.45, 2.75) is 12.8 Å². The zero-order valence-electron chi connectivity index (χ0n) is 9.17. The Hall–Kier alpha value is -0.870. The zero-order chi connectivity index (χ0) is 11.2. The normalized spacial score (nSPS) is 15.7. The largest absolute Gasteiger partial charge is 0.370 e. The van der Waals surface area contributed by atoms with E-state index in [1.807, 2.05) is 18.3 Å². The van der Waals surface area contributed by atoms with Crippen molar-refractivity contribution in [3.63, 3.8) is 0 Å². The molecule has 86 valence electrons. The van der Waals surface area contributed by atoms with Crippen molar-refractivity contribution < 1.29 is 0 Å². The molecular weight excluding hydrogens is 266 g/mol. The van der Waals surface area contributed by atoms with E-state index >= 15 is 0 Å². The molecular formula is C12H16BrN3. The molecule has 0 aliphatic carbocycles. The Morgan fingerprint density at radius 3 is 3.06 bits per heavy atom. The van der Waals surface area contributed by atoms with E-state index in [0.29, 0.717) is 0 Å². The molecule has 0 fully saturated rings. The topological polar surface area (TPSA) is 37.0 Å². The number of nitrogens with one attached hydrogen (secondary N) is 2. The summed E-state index contributed by atoms with van der Waals surface area (Å²) in [7, 11) is 0. The molecule has 0 amide bonds. The van der Waals surface area contributed by atoms with Gasteiger partial charge in [0.15, 0.2) is 0 Å². The predicted molar refractivity (Wildman–Crippen MR) is 70.6 cm³/mol. The Kier molecular flexibility index (Phi) is 4.36. The van der Waals surface area contributed by atoms with Gasteiger partial charge in [-0.2, -0.15) is 0 Å². The Morgan fingerprint density at radius 2 is 2.38 bits per heavy atom. The Labute approximate surface area is 104 Å². The van der Waals surface area contributed by atoms with Crippen LogP contribution in [0.3, 0.4) is 0 Å². The van der Waals surface area contributed by atoms with E-state index in [-0.39, 0.29) is 0 Å². The number of nitrogens with zero attached hydrogens (tertiary/aromatic N) is 1. The van der Waals surface area contributed by atoms with Gasteiger partial charge in [0, 0.05) is 23.8 Å². The molecule has 2 heterocycles. The summed E-state index contributed by atoms with van der Waals surface area (Å²) in [6.45, 7) is 3.09. The molecule has 1 aromatic heterocycles. The van der Waals surface area contributed by atoms with Crippen LogP contribution >= 0.6 is 15.9 Å². The van der Waals surface area contributed by atoms with Crippen LogP contribution in [-0.4, -0.2) is 24.6 Å². The second-order valence-electron chi connectivity index (χ2n) is 3.85. The smallest absolute Gasteiger partial charge is 0.125 e. The Balaban J connectivity index is 1.75. The van der Waals surface area contributed by atoms with Crippen LogP contribution in [0.5, 0.6) is 0 Å². The average Bonchev–Trinajstić information content (AvgIpc) is 2.33. The fraction of sp³-hybridized carbons (Fsp3) is 0.417. The number of halogens is 1. The molecule has 3 nitrogen and oxygen atoms in total. The number of hydrogen-bond donors (Lipinski definition) is 2. The third kappa shape index (κ3) is 3.61. The van der Waals surface area contributed by atoms with Gasteiger partial charge in [-0.1, -0.05) is 11.6 Å².